The third kappa shape index (κ3) is 3.73. The van der Waals surface area contributed by atoms with Crippen LogP contribution in [-0.2, 0) is 24.2 Å². The van der Waals surface area contributed by atoms with E-state index >= 15 is 0 Å². The summed E-state index contributed by atoms with van der Waals surface area (Å²) in [6.07, 6.45) is 2.84. The van der Waals surface area contributed by atoms with E-state index < -0.39 is 0 Å². The van der Waals surface area contributed by atoms with Gasteiger partial charge in [0.05, 0.1) is 11.1 Å². The molecule has 5 rings (SSSR count). The van der Waals surface area contributed by atoms with Gasteiger partial charge in [-0.05, 0) is 59.9 Å². The molecular formula is C26H27NO4. The van der Waals surface area contributed by atoms with Gasteiger partial charge in [-0.15, -0.1) is 0 Å². The maximum Gasteiger partial charge on any atom is 0.339 e. The molecule has 0 spiro atoms. The monoisotopic (exact) mass is 417 g/mol. The SMILES string of the molecule is CC(C)(C)[C@@H]1CCc2nc3ccccc3c(C(=O)OCc3ccc4c(c3)OCO4)c2C1. The lowest BCUT2D eigenvalue weighted by atomic mass is 9.70. The van der Waals surface area contributed by atoms with E-state index in [0.29, 0.717) is 17.2 Å². The van der Waals surface area contributed by atoms with Crippen LogP contribution in [0, 0.1) is 11.3 Å². The molecule has 2 aromatic carbocycles. The zero-order chi connectivity index (χ0) is 21.6. The van der Waals surface area contributed by atoms with Gasteiger partial charge in [-0.2, -0.15) is 0 Å². The lowest BCUT2D eigenvalue weighted by Gasteiger charge is -2.35. The topological polar surface area (TPSA) is 57.7 Å². The van der Waals surface area contributed by atoms with Gasteiger partial charge < -0.3 is 14.2 Å². The molecule has 0 amide bonds. The van der Waals surface area contributed by atoms with Crippen LogP contribution in [0.1, 0.15) is 54.4 Å². The first-order valence-electron chi connectivity index (χ1n) is 10.9. The molecule has 160 valence electrons. The number of aromatic nitrogens is 1. The highest BCUT2D eigenvalue weighted by Crippen LogP contribution is 2.40. The zero-order valence-electron chi connectivity index (χ0n) is 18.2. The molecule has 0 radical (unpaired) electrons. The van der Waals surface area contributed by atoms with Crippen molar-refractivity contribution in [2.75, 3.05) is 6.79 Å². The average molecular weight is 418 g/mol. The highest BCUT2D eigenvalue weighted by molar-refractivity contribution is 6.05. The Morgan fingerprint density at radius 2 is 1.94 bits per heavy atom. The Labute approximate surface area is 182 Å². The molecule has 1 aliphatic carbocycles. The van der Waals surface area contributed by atoms with Gasteiger partial charge in [0, 0.05) is 11.1 Å². The fourth-order valence-electron chi connectivity index (χ4n) is 4.61. The minimum atomic E-state index is -0.290. The number of para-hydroxylation sites is 1. The van der Waals surface area contributed by atoms with Gasteiger partial charge in [-0.3, -0.25) is 4.98 Å². The number of esters is 1. The first-order valence-corrected chi connectivity index (χ1v) is 10.9. The number of aryl methyl sites for hydroxylation is 1. The summed E-state index contributed by atoms with van der Waals surface area (Å²) in [7, 11) is 0. The summed E-state index contributed by atoms with van der Waals surface area (Å²) in [5.41, 5.74) is 4.67. The Morgan fingerprint density at radius 3 is 2.77 bits per heavy atom. The van der Waals surface area contributed by atoms with E-state index in [-0.39, 0.29) is 24.8 Å². The van der Waals surface area contributed by atoms with Crippen LogP contribution in [0.25, 0.3) is 10.9 Å². The summed E-state index contributed by atoms with van der Waals surface area (Å²) in [6, 6.07) is 13.5. The van der Waals surface area contributed by atoms with Crippen molar-refractivity contribution in [1.82, 2.24) is 4.98 Å². The van der Waals surface area contributed by atoms with Gasteiger partial charge in [0.25, 0.3) is 0 Å². The summed E-state index contributed by atoms with van der Waals surface area (Å²) in [5.74, 6) is 1.62. The van der Waals surface area contributed by atoms with Crippen LogP contribution in [0.2, 0.25) is 0 Å². The van der Waals surface area contributed by atoms with E-state index in [2.05, 4.69) is 20.8 Å². The number of hydrogen-bond acceptors (Lipinski definition) is 5. The summed E-state index contributed by atoms with van der Waals surface area (Å²) >= 11 is 0. The number of hydrogen-bond donors (Lipinski definition) is 0. The van der Waals surface area contributed by atoms with Crippen LogP contribution in [0.5, 0.6) is 11.5 Å². The summed E-state index contributed by atoms with van der Waals surface area (Å²) < 4.78 is 16.6. The molecule has 0 bridgehead atoms. The van der Waals surface area contributed by atoms with Crippen molar-refractivity contribution in [3.05, 3.63) is 64.8 Å². The molecule has 5 nitrogen and oxygen atoms in total. The quantitative estimate of drug-likeness (QED) is 0.529. The van der Waals surface area contributed by atoms with Crippen LogP contribution in [-0.4, -0.2) is 17.7 Å². The van der Waals surface area contributed by atoms with Crippen molar-refractivity contribution in [3.8, 4) is 11.5 Å². The van der Waals surface area contributed by atoms with Gasteiger partial charge in [0.1, 0.15) is 6.61 Å². The van der Waals surface area contributed by atoms with E-state index in [1.165, 1.54) is 0 Å². The van der Waals surface area contributed by atoms with E-state index in [9.17, 15) is 4.79 Å². The smallest absolute Gasteiger partial charge is 0.339 e. The molecule has 31 heavy (non-hydrogen) atoms. The molecule has 1 aliphatic heterocycles. The first-order chi connectivity index (χ1) is 14.9. The van der Waals surface area contributed by atoms with Crippen LogP contribution >= 0.6 is 0 Å². The first kappa shape index (κ1) is 19.9. The van der Waals surface area contributed by atoms with E-state index in [1.807, 2.05) is 42.5 Å². The highest BCUT2D eigenvalue weighted by atomic mass is 16.7. The van der Waals surface area contributed by atoms with Gasteiger partial charge in [0.2, 0.25) is 6.79 Å². The van der Waals surface area contributed by atoms with E-state index in [4.69, 9.17) is 19.2 Å². The predicted molar refractivity (Wildman–Crippen MR) is 118 cm³/mol. The number of carbonyl (C=O) groups excluding carboxylic acids is 1. The third-order valence-corrected chi connectivity index (χ3v) is 6.49. The molecule has 1 aromatic heterocycles. The van der Waals surface area contributed by atoms with Crippen molar-refractivity contribution >= 4 is 16.9 Å². The van der Waals surface area contributed by atoms with Gasteiger partial charge in [0.15, 0.2) is 11.5 Å². The maximum atomic E-state index is 13.4. The summed E-state index contributed by atoms with van der Waals surface area (Å²) in [6.45, 7) is 7.23. The van der Waals surface area contributed by atoms with Crippen molar-refractivity contribution in [2.45, 2.75) is 46.6 Å². The number of carbonyl (C=O) groups is 1. The fraction of sp³-hybridized carbons (Fsp3) is 0.385. The Kier molecular flexibility index (Phi) is 4.84. The molecule has 2 aliphatic rings. The molecule has 3 aromatic rings. The molecular weight excluding hydrogens is 390 g/mol. The van der Waals surface area contributed by atoms with Gasteiger partial charge in [-0.25, -0.2) is 4.79 Å². The van der Waals surface area contributed by atoms with Gasteiger partial charge in [-0.1, -0.05) is 45.0 Å². The molecule has 5 heteroatoms. The fourth-order valence-corrected chi connectivity index (χ4v) is 4.61. The standard InChI is InChI=1S/C26H27NO4/c1-26(2,3)17-9-10-21-19(13-17)24(18-6-4-5-7-20(18)27-21)25(28)29-14-16-8-11-22-23(12-16)31-15-30-22/h4-8,11-12,17H,9-10,13-15H2,1-3H3/t17-/m1/s1. The maximum absolute atomic E-state index is 13.4. The second kappa shape index (κ2) is 7.56. The van der Waals surface area contributed by atoms with Crippen LogP contribution in [0.3, 0.4) is 0 Å². The number of benzene rings is 2. The van der Waals surface area contributed by atoms with E-state index in [0.717, 1.165) is 52.7 Å². The molecule has 0 saturated carbocycles. The Bertz CT molecular complexity index is 1160. The number of rotatable bonds is 3. The zero-order valence-corrected chi connectivity index (χ0v) is 18.2. The number of nitrogens with zero attached hydrogens (tertiary/aromatic N) is 1. The van der Waals surface area contributed by atoms with Crippen molar-refractivity contribution < 1.29 is 19.0 Å². The third-order valence-electron chi connectivity index (χ3n) is 6.49. The van der Waals surface area contributed by atoms with Gasteiger partial charge >= 0.3 is 5.97 Å². The largest absolute Gasteiger partial charge is 0.457 e. The minimum Gasteiger partial charge on any atom is -0.457 e. The van der Waals surface area contributed by atoms with Crippen molar-refractivity contribution in [1.29, 1.82) is 0 Å². The molecule has 0 saturated heterocycles. The second-order valence-corrected chi connectivity index (χ2v) is 9.50. The Morgan fingerprint density at radius 1 is 1.13 bits per heavy atom. The summed E-state index contributed by atoms with van der Waals surface area (Å²) in [4.78, 5) is 18.3. The Balaban J connectivity index is 1.48. The molecule has 2 heterocycles. The van der Waals surface area contributed by atoms with Crippen molar-refractivity contribution in [2.24, 2.45) is 11.3 Å². The van der Waals surface area contributed by atoms with Crippen molar-refractivity contribution in [3.63, 3.8) is 0 Å². The lowest BCUT2D eigenvalue weighted by Crippen LogP contribution is -2.29. The van der Waals surface area contributed by atoms with Crippen LogP contribution in [0.4, 0.5) is 0 Å². The number of pyridine rings is 1. The molecule has 0 fully saturated rings. The highest BCUT2D eigenvalue weighted by Gasteiger charge is 2.33. The molecule has 1 atom stereocenters. The number of ether oxygens (including phenoxy) is 3. The van der Waals surface area contributed by atoms with Crippen LogP contribution < -0.4 is 9.47 Å². The summed E-state index contributed by atoms with van der Waals surface area (Å²) in [5, 5.41) is 0.867. The Hall–Kier alpha value is -3.08. The molecule has 0 unspecified atom stereocenters. The minimum absolute atomic E-state index is 0.178. The predicted octanol–water partition coefficient (Wildman–Crippen LogP) is 5.47. The average Bonchev–Trinajstić information content (AvgIpc) is 3.22. The second-order valence-electron chi connectivity index (χ2n) is 9.50. The number of fused-ring (bicyclic) bond motifs is 3. The molecule has 0 N–H and O–H groups in total. The normalized spacial score (nSPS) is 17.5. The lowest BCUT2D eigenvalue weighted by molar-refractivity contribution is 0.0471. The van der Waals surface area contributed by atoms with E-state index in [1.54, 1.807) is 0 Å². The van der Waals surface area contributed by atoms with Crippen LogP contribution in [0.15, 0.2) is 42.5 Å².